The third-order valence-corrected chi connectivity index (χ3v) is 2.56. The molecule has 90 valence electrons. The fourth-order valence-electron chi connectivity index (χ4n) is 1.81. The molecule has 1 heterocycles. The third-order valence-electron chi connectivity index (χ3n) is 2.56. The monoisotopic (exact) mass is 224 g/mol. The molecule has 4 nitrogen and oxygen atoms in total. The first-order chi connectivity index (χ1) is 7.58. The molecule has 0 aliphatic carbocycles. The zero-order valence-electron chi connectivity index (χ0n) is 10.5. The second kappa shape index (κ2) is 5.68. The molecule has 0 aliphatic heterocycles. The highest BCUT2D eigenvalue weighted by Gasteiger charge is 2.10. The van der Waals surface area contributed by atoms with Crippen molar-refractivity contribution in [1.29, 1.82) is 0 Å². The maximum Gasteiger partial charge on any atom is 0.299 e. The summed E-state index contributed by atoms with van der Waals surface area (Å²) in [7, 11) is 1.54. The van der Waals surface area contributed by atoms with E-state index in [4.69, 9.17) is 4.74 Å². The lowest BCUT2D eigenvalue weighted by molar-refractivity contribution is 0.322. The van der Waals surface area contributed by atoms with Crippen molar-refractivity contribution in [2.75, 3.05) is 7.11 Å². The Kier molecular flexibility index (Phi) is 4.52. The molecule has 16 heavy (non-hydrogen) atoms. The summed E-state index contributed by atoms with van der Waals surface area (Å²) in [4.78, 5) is 16.0. The van der Waals surface area contributed by atoms with Crippen molar-refractivity contribution in [2.24, 2.45) is 5.92 Å². The molecule has 0 saturated heterocycles. The summed E-state index contributed by atoms with van der Waals surface area (Å²) in [5.74, 6) is 0.459. The van der Waals surface area contributed by atoms with E-state index in [1.807, 2.05) is 0 Å². The van der Waals surface area contributed by atoms with Crippen LogP contribution in [0.2, 0.25) is 0 Å². The molecule has 0 fully saturated rings. The van der Waals surface area contributed by atoms with Crippen molar-refractivity contribution in [3.63, 3.8) is 0 Å². The Morgan fingerprint density at radius 2 is 2.25 bits per heavy atom. The molecule has 0 aliphatic rings. The first kappa shape index (κ1) is 12.7. The molecule has 0 spiro atoms. The van der Waals surface area contributed by atoms with E-state index in [2.05, 4.69) is 18.8 Å². The van der Waals surface area contributed by atoms with Crippen molar-refractivity contribution in [1.82, 2.24) is 9.55 Å². The lowest BCUT2D eigenvalue weighted by Crippen LogP contribution is -2.25. The fraction of sp³-hybridized carbons (Fsp3) is 0.667. The molecule has 1 aromatic heterocycles. The van der Waals surface area contributed by atoms with Gasteiger partial charge in [-0.15, -0.1) is 0 Å². The normalized spacial score (nSPS) is 12.5. The van der Waals surface area contributed by atoms with Gasteiger partial charge in [0.1, 0.15) is 0 Å². The van der Waals surface area contributed by atoms with Crippen LogP contribution in [0, 0.1) is 12.8 Å². The maximum atomic E-state index is 11.8. The van der Waals surface area contributed by atoms with Crippen LogP contribution in [0.5, 0.6) is 6.01 Å². The second-order valence-electron chi connectivity index (χ2n) is 4.23. The van der Waals surface area contributed by atoms with Gasteiger partial charge in [-0.05, 0) is 19.3 Å². The summed E-state index contributed by atoms with van der Waals surface area (Å²) in [6.45, 7) is 6.74. The lowest BCUT2D eigenvalue weighted by Gasteiger charge is -2.15. The molecule has 0 aromatic carbocycles. The number of aromatic nitrogens is 2. The van der Waals surface area contributed by atoms with Crippen molar-refractivity contribution in [3.8, 4) is 6.01 Å². The van der Waals surface area contributed by atoms with E-state index >= 15 is 0 Å². The number of ether oxygens (including phenoxy) is 1. The van der Waals surface area contributed by atoms with Crippen molar-refractivity contribution >= 4 is 0 Å². The standard InChI is InChI=1S/C12H20N2O2/c1-5-6-9(2)8-14-11(15)7-10(3)13-12(14)16-4/h7,9H,5-6,8H2,1-4H3. The minimum atomic E-state index is -0.0349. The summed E-state index contributed by atoms with van der Waals surface area (Å²) in [5.41, 5.74) is 0.661. The van der Waals surface area contributed by atoms with Crippen molar-refractivity contribution < 1.29 is 4.74 Å². The highest BCUT2D eigenvalue weighted by molar-refractivity contribution is 5.06. The van der Waals surface area contributed by atoms with Crippen LogP contribution in [0.3, 0.4) is 0 Å². The maximum absolute atomic E-state index is 11.8. The number of aryl methyl sites for hydroxylation is 1. The van der Waals surface area contributed by atoms with E-state index in [0.29, 0.717) is 24.2 Å². The second-order valence-corrected chi connectivity index (χ2v) is 4.23. The Bertz CT molecular complexity index is 398. The molecule has 0 radical (unpaired) electrons. The minimum absolute atomic E-state index is 0.0349. The van der Waals surface area contributed by atoms with Gasteiger partial charge < -0.3 is 4.74 Å². The van der Waals surface area contributed by atoms with Gasteiger partial charge in [-0.25, -0.2) is 4.98 Å². The molecule has 1 aromatic rings. The highest BCUT2D eigenvalue weighted by atomic mass is 16.5. The van der Waals surface area contributed by atoms with Gasteiger partial charge >= 0.3 is 0 Å². The van der Waals surface area contributed by atoms with Gasteiger partial charge in [-0.3, -0.25) is 9.36 Å². The number of methoxy groups -OCH3 is 1. The Balaban J connectivity index is 2.98. The van der Waals surface area contributed by atoms with Gasteiger partial charge in [0.25, 0.3) is 11.6 Å². The molecule has 1 atom stereocenters. The van der Waals surface area contributed by atoms with Crippen LogP contribution in [-0.4, -0.2) is 16.7 Å². The molecule has 0 bridgehead atoms. The predicted molar refractivity (Wildman–Crippen MR) is 63.9 cm³/mol. The molecule has 1 unspecified atom stereocenters. The summed E-state index contributed by atoms with van der Waals surface area (Å²) in [5, 5.41) is 0. The largest absolute Gasteiger partial charge is 0.468 e. The topological polar surface area (TPSA) is 44.1 Å². The third kappa shape index (κ3) is 3.08. The predicted octanol–water partition coefficient (Wildman–Crippen LogP) is 2.00. The van der Waals surface area contributed by atoms with E-state index in [0.717, 1.165) is 12.8 Å². The number of hydrogen-bond donors (Lipinski definition) is 0. The number of rotatable bonds is 5. The molecular weight excluding hydrogens is 204 g/mol. The van der Waals surface area contributed by atoms with E-state index in [-0.39, 0.29) is 5.56 Å². The first-order valence-corrected chi connectivity index (χ1v) is 5.71. The smallest absolute Gasteiger partial charge is 0.299 e. The fourth-order valence-corrected chi connectivity index (χ4v) is 1.81. The van der Waals surface area contributed by atoms with Crippen molar-refractivity contribution in [2.45, 2.75) is 40.2 Å². The van der Waals surface area contributed by atoms with Crippen LogP contribution in [0.25, 0.3) is 0 Å². The molecule has 4 heteroatoms. The molecular formula is C12H20N2O2. The van der Waals surface area contributed by atoms with Crippen LogP contribution < -0.4 is 10.3 Å². The molecule has 0 amide bonds. The van der Waals surface area contributed by atoms with Gasteiger partial charge in [0, 0.05) is 18.3 Å². The van der Waals surface area contributed by atoms with Crippen LogP contribution >= 0.6 is 0 Å². The van der Waals surface area contributed by atoms with Gasteiger partial charge in [-0.2, -0.15) is 0 Å². The average molecular weight is 224 g/mol. The molecule has 0 N–H and O–H groups in total. The van der Waals surface area contributed by atoms with E-state index in [9.17, 15) is 4.79 Å². The Labute approximate surface area is 96.3 Å². The number of hydrogen-bond acceptors (Lipinski definition) is 3. The quantitative estimate of drug-likeness (QED) is 0.768. The molecule has 1 rings (SSSR count). The minimum Gasteiger partial charge on any atom is -0.468 e. The summed E-state index contributed by atoms with van der Waals surface area (Å²) >= 11 is 0. The van der Waals surface area contributed by atoms with Gasteiger partial charge in [0.05, 0.1) is 7.11 Å². The number of nitrogens with zero attached hydrogens (tertiary/aromatic N) is 2. The summed E-state index contributed by atoms with van der Waals surface area (Å²) in [6, 6.07) is 1.95. The summed E-state index contributed by atoms with van der Waals surface area (Å²) < 4.78 is 6.74. The zero-order valence-corrected chi connectivity index (χ0v) is 10.5. The first-order valence-electron chi connectivity index (χ1n) is 5.71. The van der Waals surface area contributed by atoms with Crippen molar-refractivity contribution in [3.05, 3.63) is 22.1 Å². The van der Waals surface area contributed by atoms with E-state index < -0.39 is 0 Å². The van der Waals surface area contributed by atoms with Crippen LogP contribution in [0.4, 0.5) is 0 Å². The zero-order chi connectivity index (χ0) is 12.1. The van der Waals surface area contributed by atoms with Gasteiger partial charge in [-0.1, -0.05) is 20.3 Å². The summed E-state index contributed by atoms with van der Waals surface area (Å²) in [6.07, 6.45) is 2.22. The van der Waals surface area contributed by atoms with Crippen LogP contribution in [-0.2, 0) is 6.54 Å². The Morgan fingerprint density at radius 3 is 2.81 bits per heavy atom. The Morgan fingerprint density at radius 1 is 1.56 bits per heavy atom. The SMILES string of the molecule is CCCC(C)Cn1c(OC)nc(C)cc1=O. The van der Waals surface area contributed by atoms with Gasteiger partial charge in [0.2, 0.25) is 0 Å². The van der Waals surface area contributed by atoms with Gasteiger partial charge in [0.15, 0.2) is 0 Å². The van der Waals surface area contributed by atoms with Crippen LogP contribution in [0.1, 0.15) is 32.4 Å². The lowest BCUT2D eigenvalue weighted by atomic mass is 10.1. The van der Waals surface area contributed by atoms with E-state index in [1.54, 1.807) is 24.7 Å². The van der Waals surface area contributed by atoms with Crippen LogP contribution in [0.15, 0.2) is 10.9 Å². The average Bonchev–Trinajstić information content (AvgIpc) is 2.22. The highest BCUT2D eigenvalue weighted by Crippen LogP contribution is 2.11. The Hall–Kier alpha value is -1.32. The van der Waals surface area contributed by atoms with E-state index in [1.165, 1.54) is 0 Å². The molecule has 0 saturated carbocycles.